The zero-order valence-electron chi connectivity index (χ0n) is 11.6. The lowest BCUT2D eigenvalue weighted by Gasteiger charge is -2.35. The third kappa shape index (κ3) is 3.20. The maximum absolute atomic E-state index is 10.9. The van der Waals surface area contributed by atoms with E-state index in [0.717, 1.165) is 19.5 Å². The Morgan fingerprint density at radius 1 is 1.58 bits per heavy atom. The summed E-state index contributed by atoms with van der Waals surface area (Å²) in [4.78, 5) is 17.1. The molecule has 104 valence electrons. The highest BCUT2D eigenvalue weighted by Gasteiger charge is 2.24. The summed E-state index contributed by atoms with van der Waals surface area (Å²) in [7, 11) is 2.11. The van der Waals surface area contributed by atoms with Crippen LogP contribution >= 0.6 is 0 Å². The van der Waals surface area contributed by atoms with Gasteiger partial charge in [-0.25, -0.2) is 4.98 Å². The summed E-state index contributed by atoms with van der Waals surface area (Å²) in [5.41, 5.74) is 0.713. The number of aromatic nitrogens is 1. The molecule has 1 aliphatic rings. The van der Waals surface area contributed by atoms with Crippen LogP contribution in [-0.4, -0.2) is 41.0 Å². The van der Waals surface area contributed by atoms with Crippen molar-refractivity contribution in [1.82, 2.24) is 9.88 Å². The summed E-state index contributed by atoms with van der Waals surface area (Å²) in [5, 5.41) is 14.2. The van der Waals surface area contributed by atoms with Gasteiger partial charge in [-0.3, -0.25) is 10.1 Å². The van der Waals surface area contributed by atoms with Crippen LogP contribution in [0.2, 0.25) is 0 Å². The molecule has 1 aromatic rings. The highest BCUT2D eigenvalue weighted by atomic mass is 16.6. The minimum absolute atomic E-state index is 0.123. The molecule has 19 heavy (non-hydrogen) atoms. The third-order valence-corrected chi connectivity index (χ3v) is 3.71. The zero-order valence-corrected chi connectivity index (χ0v) is 11.6. The first-order valence-electron chi connectivity index (χ1n) is 6.53. The monoisotopic (exact) mass is 264 g/mol. The fourth-order valence-corrected chi connectivity index (χ4v) is 2.55. The summed E-state index contributed by atoms with van der Waals surface area (Å²) in [6.45, 7) is 5.96. The molecule has 6 heteroatoms. The van der Waals surface area contributed by atoms with Gasteiger partial charge in [-0.05, 0) is 32.9 Å². The SMILES string of the molecule is Cc1cnc(NC2CCN(C)CC2C)cc1[N+](=O)[O-]. The number of hydrogen-bond acceptors (Lipinski definition) is 5. The van der Waals surface area contributed by atoms with Crippen LogP contribution in [0.3, 0.4) is 0 Å². The third-order valence-electron chi connectivity index (χ3n) is 3.71. The molecule has 0 bridgehead atoms. The van der Waals surface area contributed by atoms with E-state index in [4.69, 9.17) is 0 Å². The molecule has 1 fully saturated rings. The van der Waals surface area contributed by atoms with Gasteiger partial charge < -0.3 is 10.2 Å². The molecule has 2 heterocycles. The van der Waals surface area contributed by atoms with Crippen molar-refractivity contribution >= 4 is 11.5 Å². The fourth-order valence-electron chi connectivity index (χ4n) is 2.55. The van der Waals surface area contributed by atoms with E-state index in [1.807, 2.05) is 0 Å². The quantitative estimate of drug-likeness (QED) is 0.668. The Labute approximate surface area is 113 Å². The van der Waals surface area contributed by atoms with Crippen LogP contribution in [0.15, 0.2) is 12.3 Å². The number of rotatable bonds is 3. The average molecular weight is 264 g/mol. The van der Waals surface area contributed by atoms with Gasteiger partial charge in [0.05, 0.1) is 11.0 Å². The number of nitrogens with zero attached hydrogens (tertiary/aromatic N) is 3. The standard InChI is InChI=1S/C13H20N4O2/c1-9-7-14-13(6-12(9)17(18)19)15-11-4-5-16(3)8-10(11)2/h6-7,10-11H,4-5,8H2,1-3H3,(H,14,15). The number of piperidine rings is 1. The predicted molar refractivity (Wildman–Crippen MR) is 74.3 cm³/mol. The number of hydrogen-bond donors (Lipinski definition) is 1. The second-order valence-corrected chi connectivity index (χ2v) is 5.39. The molecule has 0 saturated carbocycles. The molecule has 0 radical (unpaired) electrons. The van der Waals surface area contributed by atoms with Gasteiger partial charge in [0.15, 0.2) is 0 Å². The summed E-state index contributed by atoms with van der Waals surface area (Å²) >= 11 is 0. The second-order valence-electron chi connectivity index (χ2n) is 5.39. The lowest BCUT2D eigenvalue weighted by molar-refractivity contribution is -0.385. The van der Waals surface area contributed by atoms with Gasteiger partial charge in [0.2, 0.25) is 0 Å². The minimum Gasteiger partial charge on any atom is -0.367 e. The van der Waals surface area contributed by atoms with Crippen LogP contribution in [0.25, 0.3) is 0 Å². The zero-order chi connectivity index (χ0) is 14.0. The maximum Gasteiger partial charge on any atom is 0.277 e. The van der Waals surface area contributed by atoms with E-state index in [1.165, 1.54) is 6.07 Å². The summed E-state index contributed by atoms with van der Waals surface area (Å²) in [6, 6.07) is 1.85. The number of nitro groups is 1. The molecule has 2 atom stereocenters. The normalized spacial score (nSPS) is 24.2. The molecule has 2 unspecified atom stereocenters. The van der Waals surface area contributed by atoms with Crippen LogP contribution in [-0.2, 0) is 0 Å². The van der Waals surface area contributed by atoms with Crippen molar-refractivity contribution in [2.45, 2.75) is 26.3 Å². The van der Waals surface area contributed by atoms with Gasteiger partial charge in [-0.1, -0.05) is 6.92 Å². The largest absolute Gasteiger partial charge is 0.367 e. The average Bonchev–Trinajstić information content (AvgIpc) is 2.34. The Balaban J connectivity index is 2.11. The summed E-state index contributed by atoms with van der Waals surface area (Å²) < 4.78 is 0. The maximum atomic E-state index is 10.9. The van der Waals surface area contributed by atoms with E-state index < -0.39 is 0 Å². The Hall–Kier alpha value is -1.69. The van der Waals surface area contributed by atoms with E-state index >= 15 is 0 Å². The smallest absolute Gasteiger partial charge is 0.277 e. The number of likely N-dealkylation sites (tertiary alicyclic amines) is 1. The van der Waals surface area contributed by atoms with Crippen molar-refractivity contribution in [2.24, 2.45) is 5.92 Å². The first-order chi connectivity index (χ1) is 8.97. The van der Waals surface area contributed by atoms with Gasteiger partial charge in [0, 0.05) is 24.3 Å². The van der Waals surface area contributed by atoms with E-state index in [-0.39, 0.29) is 10.6 Å². The number of anilines is 1. The van der Waals surface area contributed by atoms with Crippen LogP contribution in [0.1, 0.15) is 18.9 Å². The van der Waals surface area contributed by atoms with Crippen molar-refractivity contribution < 1.29 is 4.92 Å². The number of pyridine rings is 1. The van der Waals surface area contributed by atoms with Crippen molar-refractivity contribution in [3.63, 3.8) is 0 Å². The second kappa shape index (κ2) is 5.52. The van der Waals surface area contributed by atoms with E-state index in [2.05, 4.69) is 29.2 Å². The highest BCUT2D eigenvalue weighted by molar-refractivity contribution is 5.49. The lowest BCUT2D eigenvalue weighted by Crippen LogP contribution is -2.43. The Kier molecular flexibility index (Phi) is 3.99. The molecule has 1 saturated heterocycles. The first-order valence-corrected chi connectivity index (χ1v) is 6.53. The topological polar surface area (TPSA) is 71.3 Å². The van der Waals surface area contributed by atoms with Gasteiger partial charge >= 0.3 is 0 Å². The molecule has 6 nitrogen and oxygen atoms in total. The molecule has 0 amide bonds. The van der Waals surface area contributed by atoms with Crippen LogP contribution in [0, 0.1) is 23.0 Å². The van der Waals surface area contributed by atoms with Crippen molar-refractivity contribution in [1.29, 1.82) is 0 Å². The Morgan fingerprint density at radius 3 is 2.95 bits per heavy atom. The van der Waals surface area contributed by atoms with E-state index in [9.17, 15) is 10.1 Å². The molecular weight excluding hydrogens is 244 g/mol. The molecule has 2 rings (SSSR count). The highest BCUT2D eigenvalue weighted by Crippen LogP contribution is 2.23. The summed E-state index contributed by atoms with van der Waals surface area (Å²) in [6.07, 6.45) is 2.58. The van der Waals surface area contributed by atoms with Crippen molar-refractivity contribution in [3.8, 4) is 0 Å². The molecular formula is C13H20N4O2. The van der Waals surface area contributed by atoms with Gasteiger partial charge in [-0.15, -0.1) is 0 Å². The first kappa shape index (κ1) is 13.7. The predicted octanol–water partition coefficient (Wildman–Crippen LogP) is 2.05. The van der Waals surface area contributed by atoms with Gasteiger partial charge in [0.25, 0.3) is 5.69 Å². The van der Waals surface area contributed by atoms with Gasteiger partial charge in [0.1, 0.15) is 5.82 Å². The Bertz CT molecular complexity index is 478. The fraction of sp³-hybridized carbons (Fsp3) is 0.615. The molecule has 1 aromatic heterocycles. The van der Waals surface area contributed by atoms with E-state index in [0.29, 0.717) is 23.3 Å². The van der Waals surface area contributed by atoms with Gasteiger partial charge in [-0.2, -0.15) is 0 Å². The van der Waals surface area contributed by atoms with Crippen LogP contribution < -0.4 is 5.32 Å². The molecule has 1 N–H and O–H groups in total. The van der Waals surface area contributed by atoms with Crippen molar-refractivity contribution in [2.75, 3.05) is 25.5 Å². The molecule has 1 aliphatic heterocycles. The minimum atomic E-state index is -0.361. The van der Waals surface area contributed by atoms with Crippen LogP contribution in [0.4, 0.5) is 11.5 Å². The van der Waals surface area contributed by atoms with E-state index in [1.54, 1.807) is 13.1 Å². The van der Waals surface area contributed by atoms with Crippen LogP contribution in [0.5, 0.6) is 0 Å². The Morgan fingerprint density at radius 2 is 2.32 bits per heavy atom. The number of nitrogens with one attached hydrogen (secondary N) is 1. The lowest BCUT2D eigenvalue weighted by atomic mass is 9.94. The molecule has 0 aliphatic carbocycles. The number of aryl methyl sites for hydroxylation is 1. The summed E-state index contributed by atoms with van der Waals surface area (Å²) in [5.74, 6) is 1.10. The molecule has 0 aromatic carbocycles. The molecule has 0 spiro atoms. The van der Waals surface area contributed by atoms with Crippen molar-refractivity contribution in [3.05, 3.63) is 27.9 Å².